The van der Waals surface area contributed by atoms with Crippen LogP contribution in [0.3, 0.4) is 0 Å². The van der Waals surface area contributed by atoms with E-state index in [1.165, 1.54) is 17.7 Å². The molecular weight excluding hydrogens is 486 g/mol. The van der Waals surface area contributed by atoms with Crippen molar-refractivity contribution in [2.24, 2.45) is 0 Å². The lowest BCUT2D eigenvalue weighted by molar-refractivity contribution is 0.0696. The molecule has 11 nitrogen and oxygen atoms in total. The number of imidazole rings is 1. The minimum atomic E-state index is -1.14. The van der Waals surface area contributed by atoms with E-state index >= 15 is 0 Å². The number of aromatic carboxylic acids is 1. The number of rotatable bonds is 9. The lowest BCUT2D eigenvalue weighted by Crippen LogP contribution is -2.26. The SMILES string of the molecule is CCCc1cn(-c2c(OC)cccc2C(=O)O)c(=O)n1Cc1ccc(-c2ccccc2-c2nnn[nH]2)cn1. The summed E-state index contributed by atoms with van der Waals surface area (Å²) in [5.41, 5.74) is 3.90. The van der Waals surface area contributed by atoms with Gasteiger partial charge in [-0.3, -0.25) is 14.1 Å². The van der Waals surface area contributed by atoms with E-state index in [4.69, 9.17) is 4.74 Å². The summed E-state index contributed by atoms with van der Waals surface area (Å²) in [6.07, 6.45) is 4.88. The monoisotopic (exact) mass is 511 g/mol. The number of carbonyl (C=O) groups is 1. The predicted octanol–water partition coefficient (Wildman–Crippen LogP) is 3.59. The van der Waals surface area contributed by atoms with Crippen LogP contribution < -0.4 is 10.4 Å². The first-order valence-corrected chi connectivity index (χ1v) is 12.0. The Kier molecular flexibility index (Phi) is 6.81. The first-order chi connectivity index (χ1) is 18.5. The molecule has 5 aromatic rings. The van der Waals surface area contributed by atoms with Crippen molar-refractivity contribution in [1.29, 1.82) is 0 Å². The normalized spacial score (nSPS) is 11.0. The molecule has 3 aromatic heterocycles. The summed E-state index contributed by atoms with van der Waals surface area (Å²) in [5.74, 6) is -0.289. The van der Waals surface area contributed by atoms with Crippen LogP contribution in [0.25, 0.3) is 28.2 Å². The molecule has 2 N–H and O–H groups in total. The molecule has 11 heteroatoms. The van der Waals surface area contributed by atoms with E-state index < -0.39 is 5.97 Å². The highest BCUT2D eigenvalue weighted by atomic mass is 16.5. The van der Waals surface area contributed by atoms with Crippen LogP contribution in [0.15, 0.2) is 71.8 Å². The number of aryl methyl sites for hydroxylation is 1. The molecule has 0 aliphatic carbocycles. The number of hydrogen-bond donors (Lipinski definition) is 2. The van der Waals surface area contributed by atoms with Crippen LogP contribution in [0.5, 0.6) is 5.75 Å². The smallest absolute Gasteiger partial charge is 0.337 e. The summed E-state index contributed by atoms with van der Waals surface area (Å²) in [6, 6.07) is 16.2. The molecule has 0 radical (unpaired) electrons. The highest BCUT2D eigenvalue weighted by Gasteiger charge is 2.21. The van der Waals surface area contributed by atoms with E-state index in [0.29, 0.717) is 23.7 Å². The number of aromatic amines is 1. The van der Waals surface area contributed by atoms with Gasteiger partial charge in [-0.25, -0.2) is 14.7 Å². The molecule has 0 amide bonds. The Balaban J connectivity index is 1.52. The molecule has 0 saturated carbocycles. The molecule has 0 saturated heterocycles. The summed E-state index contributed by atoms with van der Waals surface area (Å²) in [7, 11) is 1.45. The molecule has 0 aliphatic rings. The quantitative estimate of drug-likeness (QED) is 0.306. The first kappa shape index (κ1) is 24.6. The molecule has 5 rings (SSSR count). The second-order valence-electron chi connectivity index (χ2n) is 8.60. The van der Waals surface area contributed by atoms with Gasteiger partial charge in [0.1, 0.15) is 11.4 Å². The van der Waals surface area contributed by atoms with Crippen molar-refractivity contribution in [3.8, 4) is 34.0 Å². The number of methoxy groups -OCH3 is 1. The van der Waals surface area contributed by atoms with Gasteiger partial charge < -0.3 is 9.84 Å². The van der Waals surface area contributed by atoms with E-state index in [1.807, 2.05) is 43.3 Å². The van der Waals surface area contributed by atoms with Crippen molar-refractivity contribution in [3.05, 3.63) is 94.4 Å². The van der Waals surface area contributed by atoms with Gasteiger partial charge in [-0.15, -0.1) is 5.10 Å². The van der Waals surface area contributed by atoms with Crippen LogP contribution in [0.4, 0.5) is 0 Å². The van der Waals surface area contributed by atoms with Crippen molar-refractivity contribution in [2.75, 3.05) is 7.11 Å². The average Bonchev–Trinajstić information content (AvgIpc) is 3.58. The predicted molar refractivity (Wildman–Crippen MR) is 139 cm³/mol. The Morgan fingerprint density at radius 1 is 1.08 bits per heavy atom. The third kappa shape index (κ3) is 4.57. The molecule has 2 aromatic carbocycles. The van der Waals surface area contributed by atoms with Crippen molar-refractivity contribution < 1.29 is 14.6 Å². The highest BCUT2D eigenvalue weighted by Crippen LogP contribution is 2.29. The molecule has 0 aliphatic heterocycles. The maximum Gasteiger partial charge on any atom is 0.337 e. The van der Waals surface area contributed by atoms with Gasteiger partial charge in [-0.2, -0.15) is 0 Å². The second-order valence-corrected chi connectivity index (χ2v) is 8.60. The number of hydrogen-bond acceptors (Lipinski definition) is 7. The Hall–Kier alpha value is -5.06. The molecule has 192 valence electrons. The Morgan fingerprint density at radius 2 is 1.89 bits per heavy atom. The lowest BCUT2D eigenvalue weighted by Gasteiger charge is -2.11. The van der Waals surface area contributed by atoms with Crippen LogP contribution in [-0.2, 0) is 13.0 Å². The number of pyridine rings is 1. The second kappa shape index (κ2) is 10.5. The zero-order valence-corrected chi connectivity index (χ0v) is 20.8. The number of aromatic nitrogens is 7. The van der Waals surface area contributed by atoms with E-state index in [9.17, 15) is 14.7 Å². The van der Waals surface area contributed by atoms with E-state index in [-0.39, 0.29) is 23.5 Å². The molecule has 0 atom stereocenters. The van der Waals surface area contributed by atoms with Gasteiger partial charge in [0.15, 0.2) is 5.82 Å². The fraction of sp³-hybridized carbons (Fsp3) is 0.185. The Labute approximate surface area is 217 Å². The van der Waals surface area contributed by atoms with Gasteiger partial charge in [0.05, 0.1) is 24.9 Å². The average molecular weight is 512 g/mol. The zero-order chi connectivity index (χ0) is 26.6. The number of H-pyrrole nitrogens is 1. The maximum absolute atomic E-state index is 13.6. The minimum Gasteiger partial charge on any atom is -0.495 e. The van der Waals surface area contributed by atoms with Gasteiger partial charge in [-0.1, -0.05) is 49.7 Å². The summed E-state index contributed by atoms with van der Waals surface area (Å²) in [6.45, 7) is 2.25. The summed E-state index contributed by atoms with van der Waals surface area (Å²) < 4.78 is 8.38. The summed E-state index contributed by atoms with van der Waals surface area (Å²) in [5, 5.41) is 23.9. The number of para-hydroxylation sites is 1. The molecule has 38 heavy (non-hydrogen) atoms. The van der Waals surface area contributed by atoms with Gasteiger partial charge in [-0.05, 0) is 40.6 Å². The zero-order valence-electron chi connectivity index (χ0n) is 20.8. The Bertz CT molecular complexity index is 1640. The van der Waals surface area contributed by atoms with Gasteiger partial charge in [0.25, 0.3) is 0 Å². The first-order valence-electron chi connectivity index (χ1n) is 12.0. The fourth-order valence-corrected chi connectivity index (χ4v) is 4.47. The van der Waals surface area contributed by atoms with E-state index in [0.717, 1.165) is 28.8 Å². The van der Waals surface area contributed by atoms with Crippen molar-refractivity contribution in [2.45, 2.75) is 26.3 Å². The van der Waals surface area contributed by atoms with Crippen LogP contribution in [-0.4, -0.2) is 52.9 Å². The number of tetrazole rings is 1. The van der Waals surface area contributed by atoms with Gasteiger partial charge >= 0.3 is 11.7 Å². The van der Waals surface area contributed by atoms with Crippen molar-refractivity contribution >= 4 is 5.97 Å². The third-order valence-corrected chi connectivity index (χ3v) is 6.24. The third-order valence-electron chi connectivity index (χ3n) is 6.24. The van der Waals surface area contributed by atoms with E-state index in [2.05, 4.69) is 25.6 Å². The maximum atomic E-state index is 13.6. The summed E-state index contributed by atoms with van der Waals surface area (Å²) in [4.78, 5) is 30.2. The van der Waals surface area contributed by atoms with Crippen LogP contribution in [0.1, 0.15) is 35.1 Å². The number of benzene rings is 2. The Morgan fingerprint density at radius 3 is 2.55 bits per heavy atom. The van der Waals surface area contributed by atoms with E-state index in [1.54, 1.807) is 29.1 Å². The fourth-order valence-electron chi connectivity index (χ4n) is 4.47. The number of nitrogens with one attached hydrogen (secondary N) is 1. The van der Waals surface area contributed by atoms with Crippen LogP contribution in [0.2, 0.25) is 0 Å². The standard InChI is InChI=1S/C27H25N7O4/c1-3-7-19-16-34(24-22(26(35)36)10-6-11-23(24)38-2)27(37)33(19)15-18-13-12-17(14-28-18)20-8-4-5-9-21(20)25-29-31-32-30-25/h4-6,8-14,16H,3,7,15H2,1-2H3,(H,35,36)(H,29,30,31,32). The molecular formula is C27H25N7O4. The molecule has 0 bridgehead atoms. The molecule has 0 spiro atoms. The molecule has 0 fully saturated rings. The van der Waals surface area contributed by atoms with Gasteiger partial charge in [0.2, 0.25) is 0 Å². The number of carboxylic acids is 1. The highest BCUT2D eigenvalue weighted by molar-refractivity contribution is 5.93. The lowest BCUT2D eigenvalue weighted by atomic mass is 10.0. The van der Waals surface area contributed by atoms with Crippen molar-refractivity contribution in [1.82, 2.24) is 34.7 Å². The van der Waals surface area contributed by atoms with Crippen LogP contribution in [0, 0.1) is 0 Å². The summed E-state index contributed by atoms with van der Waals surface area (Å²) >= 11 is 0. The largest absolute Gasteiger partial charge is 0.495 e. The number of nitrogens with zero attached hydrogens (tertiary/aromatic N) is 6. The molecule has 0 unspecified atom stereocenters. The van der Waals surface area contributed by atoms with Crippen molar-refractivity contribution in [3.63, 3.8) is 0 Å². The topological polar surface area (TPSA) is 141 Å². The molecule has 3 heterocycles. The van der Waals surface area contributed by atoms with Gasteiger partial charge in [0, 0.05) is 29.2 Å². The number of ether oxygens (including phenoxy) is 1. The minimum absolute atomic E-state index is 0.0188. The number of carboxylic acid groups (broad SMARTS) is 1. The van der Waals surface area contributed by atoms with Crippen LogP contribution >= 0.6 is 0 Å².